The lowest BCUT2D eigenvalue weighted by atomic mass is 10.00. The van der Waals surface area contributed by atoms with Crippen LogP contribution in [0.5, 0.6) is 0 Å². The molecule has 2 aromatic rings. The molecule has 0 spiro atoms. The fourth-order valence-corrected chi connectivity index (χ4v) is 4.48. The molecule has 3 heterocycles. The molecule has 2 aliphatic rings. The minimum absolute atomic E-state index is 0.180. The number of rotatable bonds is 8. The summed E-state index contributed by atoms with van der Waals surface area (Å²) in [6.45, 7) is 7.31. The second-order valence-corrected chi connectivity index (χ2v) is 8.96. The van der Waals surface area contributed by atoms with Gasteiger partial charge in [-0.1, -0.05) is 38.0 Å². The third kappa shape index (κ3) is 5.20. The summed E-state index contributed by atoms with van der Waals surface area (Å²) < 4.78 is 0. The number of likely N-dealkylation sites (N-methyl/N-ethyl adjacent to an activating group) is 1. The lowest BCUT2D eigenvalue weighted by molar-refractivity contribution is 0.0835. The van der Waals surface area contributed by atoms with Gasteiger partial charge in [-0.3, -0.25) is 10.7 Å². The van der Waals surface area contributed by atoms with Crippen molar-refractivity contribution in [1.29, 1.82) is 0 Å². The number of hydrogen-bond donors (Lipinski definition) is 5. The molecule has 1 saturated heterocycles. The number of aliphatic hydroxyl groups excluding tert-OH is 1. The third-order valence-electron chi connectivity index (χ3n) is 6.61. The van der Waals surface area contributed by atoms with Gasteiger partial charge in [-0.25, -0.2) is 10.4 Å². The Morgan fingerprint density at radius 3 is 2.94 bits per heavy atom. The lowest BCUT2D eigenvalue weighted by Gasteiger charge is -2.38. The monoisotopic (exact) mass is 427 g/mol. The molecule has 4 rings (SSSR count). The lowest BCUT2D eigenvalue weighted by Crippen LogP contribution is -2.56. The molecule has 0 radical (unpaired) electrons. The van der Waals surface area contributed by atoms with Gasteiger partial charge in [0.2, 0.25) is 5.96 Å². The predicted molar refractivity (Wildman–Crippen MR) is 126 cm³/mol. The Bertz CT molecular complexity index is 882. The fourth-order valence-electron chi connectivity index (χ4n) is 4.48. The maximum atomic E-state index is 10.9. The molecule has 4 unspecified atom stereocenters. The minimum atomic E-state index is -0.762. The molecule has 5 N–H and O–H groups in total. The van der Waals surface area contributed by atoms with Crippen molar-refractivity contribution < 1.29 is 5.11 Å². The Labute approximate surface area is 185 Å². The second kappa shape index (κ2) is 9.99. The van der Waals surface area contributed by atoms with E-state index in [2.05, 4.69) is 82.3 Å². The largest absolute Gasteiger partial charge is 0.375 e. The number of piperazine rings is 1. The van der Waals surface area contributed by atoms with Gasteiger partial charge in [0.1, 0.15) is 6.23 Å². The number of benzene rings is 1. The van der Waals surface area contributed by atoms with Crippen LogP contribution >= 0.6 is 0 Å². The van der Waals surface area contributed by atoms with Crippen LogP contribution in [0.2, 0.25) is 0 Å². The van der Waals surface area contributed by atoms with E-state index in [9.17, 15) is 5.11 Å². The SMILES string of the molecule is CCCCC(Cc1c[nH]c2ccccc12)NC(O)C1N=C(N2CCN(C)C(C)C2)NN1. The first-order valence-electron chi connectivity index (χ1n) is 11.6. The Balaban J connectivity index is 1.39. The summed E-state index contributed by atoms with van der Waals surface area (Å²) >= 11 is 0. The van der Waals surface area contributed by atoms with Crippen LogP contribution in [-0.2, 0) is 6.42 Å². The maximum absolute atomic E-state index is 10.9. The van der Waals surface area contributed by atoms with E-state index in [0.717, 1.165) is 56.8 Å². The third-order valence-corrected chi connectivity index (χ3v) is 6.61. The van der Waals surface area contributed by atoms with E-state index in [1.54, 1.807) is 0 Å². The van der Waals surface area contributed by atoms with Crippen LogP contribution in [0.15, 0.2) is 35.5 Å². The molecular formula is C23H37N7O. The average molecular weight is 428 g/mol. The smallest absolute Gasteiger partial charge is 0.210 e. The van der Waals surface area contributed by atoms with Crippen molar-refractivity contribution in [2.45, 2.75) is 64.0 Å². The molecule has 8 heteroatoms. The van der Waals surface area contributed by atoms with Crippen LogP contribution in [0.25, 0.3) is 10.9 Å². The summed E-state index contributed by atoms with van der Waals surface area (Å²) in [6.07, 6.45) is 5.07. The number of hydrogen-bond acceptors (Lipinski definition) is 7. The standard InChI is InChI=1S/C23H37N7O/c1-4-5-8-18(13-17-14-24-20-10-7-6-9-19(17)20)25-22(31)21-26-23(28-27-21)30-12-11-29(3)16(2)15-30/h6-7,9-10,14,16,18,21-22,24-25,27,31H,4-5,8,11-13,15H2,1-3H3,(H,26,28). The van der Waals surface area contributed by atoms with E-state index in [-0.39, 0.29) is 6.04 Å². The molecule has 2 aliphatic heterocycles. The number of guanidine groups is 1. The van der Waals surface area contributed by atoms with Gasteiger partial charge in [-0.15, -0.1) is 0 Å². The molecule has 0 bridgehead atoms. The highest BCUT2D eigenvalue weighted by Gasteiger charge is 2.30. The number of para-hydroxylation sites is 1. The van der Waals surface area contributed by atoms with Gasteiger partial charge in [0, 0.05) is 48.8 Å². The van der Waals surface area contributed by atoms with Gasteiger partial charge in [0.05, 0.1) is 0 Å². The van der Waals surface area contributed by atoms with Gasteiger partial charge < -0.3 is 19.9 Å². The van der Waals surface area contributed by atoms with Gasteiger partial charge in [0.15, 0.2) is 6.17 Å². The normalized spacial score (nSPS) is 24.3. The van der Waals surface area contributed by atoms with Crippen LogP contribution in [0.3, 0.4) is 0 Å². The van der Waals surface area contributed by atoms with Crippen molar-refractivity contribution in [3.05, 3.63) is 36.0 Å². The van der Waals surface area contributed by atoms with Crippen molar-refractivity contribution in [2.24, 2.45) is 4.99 Å². The Morgan fingerprint density at radius 2 is 2.13 bits per heavy atom. The maximum Gasteiger partial charge on any atom is 0.210 e. The highest BCUT2D eigenvalue weighted by atomic mass is 16.3. The summed E-state index contributed by atoms with van der Waals surface area (Å²) in [4.78, 5) is 12.7. The van der Waals surface area contributed by atoms with Crippen LogP contribution in [0.4, 0.5) is 0 Å². The van der Waals surface area contributed by atoms with Gasteiger partial charge in [0.25, 0.3) is 0 Å². The molecule has 4 atom stereocenters. The summed E-state index contributed by atoms with van der Waals surface area (Å²) in [6, 6.07) is 9.05. The number of aliphatic hydroxyl groups is 1. The summed E-state index contributed by atoms with van der Waals surface area (Å²) in [7, 11) is 2.16. The number of nitrogens with zero attached hydrogens (tertiary/aromatic N) is 3. The fraction of sp³-hybridized carbons (Fsp3) is 0.609. The van der Waals surface area contributed by atoms with Crippen molar-refractivity contribution in [1.82, 2.24) is 31.0 Å². The van der Waals surface area contributed by atoms with Gasteiger partial charge >= 0.3 is 0 Å². The molecule has 31 heavy (non-hydrogen) atoms. The van der Waals surface area contributed by atoms with Crippen LogP contribution in [0, 0.1) is 0 Å². The Morgan fingerprint density at radius 1 is 1.29 bits per heavy atom. The summed E-state index contributed by atoms with van der Waals surface area (Å²) in [5.74, 6) is 0.826. The molecular weight excluding hydrogens is 390 g/mol. The Kier molecular flexibility index (Phi) is 7.12. The number of aromatic nitrogens is 1. The minimum Gasteiger partial charge on any atom is -0.375 e. The highest BCUT2D eigenvalue weighted by Crippen LogP contribution is 2.21. The molecule has 1 aromatic carbocycles. The van der Waals surface area contributed by atoms with E-state index in [0.29, 0.717) is 6.04 Å². The van der Waals surface area contributed by atoms with Gasteiger partial charge in [-0.2, -0.15) is 0 Å². The number of aromatic amines is 1. The molecule has 8 nitrogen and oxygen atoms in total. The average Bonchev–Trinajstić information content (AvgIpc) is 3.42. The van der Waals surface area contributed by atoms with E-state index in [4.69, 9.17) is 4.99 Å². The van der Waals surface area contributed by atoms with Crippen LogP contribution < -0.4 is 16.2 Å². The number of H-pyrrole nitrogens is 1. The Hall–Kier alpha value is -2.13. The summed E-state index contributed by atoms with van der Waals surface area (Å²) in [5, 5.41) is 15.6. The number of aliphatic imine (C=N–C) groups is 1. The van der Waals surface area contributed by atoms with E-state index in [1.165, 1.54) is 10.9 Å². The topological polar surface area (TPSA) is 91.0 Å². The van der Waals surface area contributed by atoms with Crippen molar-refractivity contribution >= 4 is 16.9 Å². The quantitative estimate of drug-likeness (QED) is 0.411. The first kappa shape index (κ1) is 22.1. The zero-order chi connectivity index (χ0) is 21.8. The highest BCUT2D eigenvalue weighted by molar-refractivity contribution is 5.83. The zero-order valence-corrected chi connectivity index (χ0v) is 18.9. The first-order chi connectivity index (χ1) is 15.0. The van der Waals surface area contributed by atoms with Crippen LogP contribution in [0.1, 0.15) is 38.7 Å². The van der Waals surface area contributed by atoms with E-state index in [1.807, 2.05) is 0 Å². The number of hydrazine groups is 1. The van der Waals surface area contributed by atoms with Crippen molar-refractivity contribution in [2.75, 3.05) is 26.7 Å². The molecule has 0 amide bonds. The number of nitrogens with one attached hydrogen (secondary N) is 4. The van der Waals surface area contributed by atoms with E-state index >= 15 is 0 Å². The van der Waals surface area contributed by atoms with Crippen LogP contribution in [-0.4, -0.2) is 77.0 Å². The molecule has 170 valence electrons. The molecule has 1 fully saturated rings. The van der Waals surface area contributed by atoms with Crippen molar-refractivity contribution in [3.8, 4) is 0 Å². The molecule has 0 aliphatic carbocycles. The zero-order valence-electron chi connectivity index (χ0n) is 18.9. The number of unbranched alkanes of at least 4 members (excludes halogenated alkanes) is 1. The van der Waals surface area contributed by atoms with Crippen molar-refractivity contribution in [3.63, 3.8) is 0 Å². The summed E-state index contributed by atoms with van der Waals surface area (Å²) in [5.41, 5.74) is 8.77. The molecule has 1 aromatic heterocycles. The second-order valence-electron chi connectivity index (χ2n) is 8.96. The van der Waals surface area contributed by atoms with E-state index < -0.39 is 12.4 Å². The molecule has 0 saturated carbocycles. The predicted octanol–water partition coefficient (Wildman–Crippen LogP) is 1.60. The van der Waals surface area contributed by atoms with Gasteiger partial charge in [-0.05, 0) is 38.4 Å². The number of fused-ring (bicyclic) bond motifs is 1. The first-order valence-corrected chi connectivity index (χ1v) is 11.6.